The van der Waals surface area contributed by atoms with Gasteiger partial charge in [-0.2, -0.15) is 0 Å². The van der Waals surface area contributed by atoms with Crippen molar-refractivity contribution >= 4 is 11.9 Å². The average molecular weight is 172 g/mol. The van der Waals surface area contributed by atoms with Gasteiger partial charge in [-0.15, -0.1) is 0 Å². The molecule has 0 heterocycles. The summed E-state index contributed by atoms with van der Waals surface area (Å²) in [5.74, 6) is -1.54. The molecule has 0 saturated heterocycles. The van der Waals surface area contributed by atoms with Crippen molar-refractivity contribution in [2.24, 2.45) is 0 Å². The minimum Gasteiger partial charge on any atom is -0.548 e. The summed E-state index contributed by atoms with van der Waals surface area (Å²) >= 11 is 0. The summed E-state index contributed by atoms with van der Waals surface area (Å²) in [6.07, 6.45) is 2.13. The second-order valence-corrected chi connectivity index (χ2v) is 2.71. The molecule has 0 aromatic rings. The van der Waals surface area contributed by atoms with Crippen LogP contribution in [0.1, 0.15) is 33.1 Å². The minimum absolute atomic E-state index is 0.333. The maximum absolute atomic E-state index is 10.5. The first-order chi connectivity index (χ1) is 5.57. The second kappa shape index (κ2) is 5.57. The van der Waals surface area contributed by atoms with E-state index in [4.69, 9.17) is 0 Å². The molecule has 1 atom stereocenters. The monoisotopic (exact) mass is 172 g/mol. The zero-order valence-electron chi connectivity index (χ0n) is 7.42. The van der Waals surface area contributed by atoms with Crippen molar-refractivity contribution in [3.05, 3.63) is 0 Å². The molecule has 70 valence electrons. The summed E-state index contributed by atoms with van der Waals surface area (Å²) in [5.41, 5.74) is 0. The highest BCUT2D eigenvalue weighted by Crippen LogP contribution is 1.99. The fraction of sp³-hybridized carbons (Fsp3) is 0.750. The minimum atomic E-state index is -1.21. The lowest BCUT2D eigenvalue weighted by Gasteiger charge is -2.17. The molecule has 0 aromatic heterocycles. The van der Waals surface area contributed by atoms with Crippen molar-refractivity contribution in [2.75, 3.05) is 0 Å². The number of amides is 1. The summed E-state index contributed by atoms with van der Waals surface area (Å²) in [5, 5.41) is 12.7. The lowest BCUT2D eigenvalue weighted by Crippen LogP contribution is -2.47. The molecule has 1 unspecified atom stereocenters. The molecule has 0 bridgehead atoms. The van der Waals surface area contributed by atoms with Gasteiger partial charge in [0.2, 0.25) is 5.91 Å². The fourth-order valence-electron chi connectivity index (χ4n) is 0.903. The van der Waals surface area contributed by atoms with E-state index in [0.717, 1.165) is 12.8 Å². The van der Waals surface area contributed by atoms with E-state index < -0.39 is 12.0 Å². The Morgan fingerprint density at radius 1 is 1.50 bits per heavy atom. The maximum Gasteiger partial charge on any atom is 0.217 e. The van der Waals surface area contributed by atoms with Gasteiger partial charge in [0, 0.05) is 6.92 Å². The quantitative estimate of drug-likeness (QED) is 0.603. The second-order valence-electron chi connectivity index (χ2n) is 2.71. The van der Waals surface area contributed by atoms with Crippen molar-refractivity contribution in [1.82, 2.24) is 5.32 Å². The third kappa shape index (κ3) is 4.71. The molecule has 12 heavy (non-hydrogen) atoms. The molecule has 4 nitrogen and oxygen atoms in total. The van der Waals surface area contributed by atoms with Crippen molar-refractivity contribution in [1.29, 1.82) is 0 Å². The van der Waals surface area contributed by atoms with Gasteiger partial charge in [-0.25, -0.2) is 0 Å². The predicted molar refractivity (Wildman–Crippen MR) is 42.1 cm³/mol. The summed E-state index contributed by atoms with van der Waals surface area (Å²) < 4.78 is 0. The van der Waals surface area contributed by atoms with E-state index in [-0.39, 0.29) is 5.91 Å². The molecule has 0 radical (unpaired) electrons. The van der Waals surface area contributed by atoms with Crippen LogP contribution in [0.3, 0.4) is 0 Å². The molecule has 0 aliphatic heterocycles. The van der Waals surface area contributed by atoms with Crippen LogP contribution in [0.25, 0.3) is 0 Å². The Hall–Kier alpha value is -1.06. The van der Waals surface area contributed by atoms with E-state index >= 15 is 0 Å². The molecule has 0 fully saturated rings. The Morgan fingerprint density at radius 2 is 2.08 bits per heavy atom. The lowest BCUT2D eigenvalue weighted by molar-refractivity contribution is -0.308. The molecule has 0 saturated carbocycles. The van der Waals surface area contributed by atoms with Crippen LogP contribution in [0, 0.1) is 0 Å². The number of hydrogen-bond acceptors (Lipinski definition) is 3. The Morgan fingerprint density at radius 3 is 2.42 bits per heavy atom. The van der Waals surface area contributed by atoms with E-state index in [1.807, 2.05) is 6.92 Å². The number of aliphatic carboxylic acids is 1. The largest absolute Gasteiger partial charge is 0.548 e. The van der Waals surface area contributed by atoms with Gasteiger partial charge in [0.25, 0.3) is 0 Å². The molecule has 0 spiro atoms. The first-order valence-corrected chi connectivity index (χ1v) is 4.06. The summed E-state index contributed by atoms with van der Waals surface area (Å²) in [6.45, 7) is 3.25. The SMILES string of the molecule is CCCCC(NC(C)=O)C(=O)[O-]. The highest BCUT2D eigenvalue weighted by atomic mass is 16.4. The summed E-state index contributed by atoms with van der Waals surface area (Å²) in [7, 11) is 0. The van der Waals surface area contributed by atoms with Crippen LogP contribution in [0.4, 0.5) is 0 Å². The van der Waals surface area contributed by atoms with Crippen LogP contribution < -0.4 is 10.4 Å². The maximum atomic E-state index is 10.5. The van der Waals surface area contributed by atoms with Crippen molar-refractivity contribution < 1.29 is 14.7 Å². The summed E-state index contributed by atoms with van der Waals surface area (Å²) in [4.78, 5) is 20.9. The smallest absolute Gasteiger partial charge is 0.217 e. The molecular weight excluding hydrogens is 158 g/mol. The van der Waals surface area contributed by atoms with Crippen LogP contribution in [-0.2, 0) is 9.59 Å². The highest BCUT2D eigenvalue weighted by molar-refractivity contribution is 5.80. The Balaban J connectivity index is 3.87. The first-order valence-electron chi connectivity index (χ1n) is 4.06. The first kappa shape index (κ1) is 10.9. The van der Waals surface area contributed by atoms with E-state index in [2.05, 4.69) is 5.32 Å². The van der Waals surface area contributed by atoms with E-state index in [1.54, 1.807) is 0 Å². The third-order valence-electron chi connectivity index (χ3n) is 1.51. The normalized spacial score (nSPS) is 12.2. The number of nitrogens with one attached hydrogen (secondary N) is 1. The van der Waals surface area contributed by atoms with Crippen LogP contribution in [0.2, 0.25) is 0 Å². The number of carbonyl (C=O) groups is 2. The van der Waals surface area contributed by atoms with Crippen LogP contribution >= 0.6 is 0 Å². The zero-order chi connectivity index (χ0) is 9.56. The molecule has 1 N–H and O–H groups in total. The number of hydrogen-bond donors (Lipinski definition) is 1. The topological polar surface area (TPSA) is 69.2 Å². The molecule has 0 rings (SSSR count). The lowest BCUT2D eigenvalue weighted by atomic mass is 10.1. The van der Waals surface area contributed by atoms with Gasteiger partial charge >= 0.3 is 0 Å². The van der Waals surface area contributed by atoms with Crippen molar-refractivity contribution in [3.63, 3.8) is 0 Å². The number of carboxylic acids is 1. The van der Waals surface area contributed by atoms with E-state index in [9.17, 15) is 14.7 Å². The van der Waals surface area contributed by atoms with Crippen LogP contribution in [0.15, 0.2) is 0 Å². The standard InChI is InChI=1S/C8H15NO3/c1-3-4-5-7(8(11)12)9-6(2)10/h7H,3-5H2,1-2H3,(H,9,10)(H,11,12)/p-1. The van der Waals surface area contributed by atoms with Gasteiger partial charge in [-0.05, 0) is 6.42 Å². The van der Waals surface area contributed by atoms with Crippen molar-refractivity contribution in [3.8, 4) is 0 Å². The fourth-order valence-corrected chi connectivity index (χ4v) is 0.903. The molecule has 4 heteroatoms. The number of unbranched alkanes of at least 4 members (excludes halogenated alkanes) is 1. The van der Waals surface area contributed by atoms with Gasteiger partial charge < -0.3 is 15.2 Å². The van der Waals surface area contributed by atoms with Crippen LogP contribution in [-0.4, -0.2) is 17.9 Å². The Labute approximate surface area is 72.0 Å². The van der Waals surface area contributed by atoms with Crippen molar-refractivity contribution in [2.45, 2.75) is 39.2 Å². The number of carbonyl (C=O) groups excluding carboxylic acids is 2. The Bertz CT molecular complexity index is 168. The third-order valence-corrected chi connectivity index (χ3v) is 1.51. The molecule has 0 aliphatic carbocycles. The van der Waals surface area contributed by atoms with Crippen LogP contribution in [0.5, 0.6) is 0 Å². The molecule has 0 aromatic carbocycles. The number of carboxylic acid groups (broad SMARTS) is 1. The zero-order valence-corrected chi connectivity index (χ0v) is 7.42. The van der Waals surface area contributed by atoms with Gasteiger partial charge in [-0.1, -0.05) is 19.8 Å². The van der Waals surface area contributed by atoms with E-state index in [1.165, 1.54) is 6.92 Å². The van der Waals surface area contributed by atoms with Gasteiger partial charge in [0.15, 0.2) is 0 Å². The van der Waals surface area contributed by atoms with Gasteiger partial charge in [-0.3, -0.25) is 4.79 Å². The average Bonchev–Trinajstić information content (AvgIpc) is 1.96. The number of rotatable bonds is 5. The molecule has 0 aliphatic rings. The summed E-state index contributed by atoms with van der Waals surface area (Å²) in [6, 6.07) is -0.831. The van der Waals surface area contributed by atoms with E-state index in [0.29, 0.717) is 6.42 Å². The predicted octanol–water partition coefficient (Wildman–Crippen LogP) is -0.569. The highest BCUT2D eigenvalue weighted by Gasteiger charge is 2.09. The van der Waals surface area contributed by atoms with Gasteiger partial charge in [0.1, 0.15) is 0 Å². The Kier molecular flexibility index (Phi) is 5.08. The van der Waals surface area contributed by atoms with Gasteiger partial charge in [0.05, 0.1) is 12.0 Å². The molecular formula is C8H14NO3-. The molecule has 1 amide bonds.